The van der Waals surface area contributed by atoms with Gasteiger partial charge < -0.3 is 10.2 Å². The standard InChI is InChI=1S/C13H20N2O2/c16-11-7-14-13(17)12(10-5-6-10)15(11)8-9-3-1-2-4-9/h9-10,12H,1-8H2,(H,14,17). The van der Waals surface area contributed by atoms with Gasteiger partial charge in [0.05, 0.1) is 6.54 Å². The molecule has 1 heterocycles. The molecule has 3 rings (SSSR count). The quantitative estimate of drug-likeness (QED) is 0.792. The van der Waals surface area contributed by atoms with Gasteiger partial charge in [0, 0.05) is 6.54 Å². The number of nitrogens with zero attached hydrogens (tertiary/aromatic N) is 1. The molecule has 1 N–H and O–H groups in total. The van der Waals surface area contributed by atoms with Crippen LogP contribution in [0.3, 0.4) is 0 Å². The summed E-state index contributed by atoms with van der Waals surface area (Å²) in [6, 6.07) is -0.156. The Morgan fingerprint density at radius 2 is 1.82 bits per heavy atom. The van der Waals surface area contributed by atoms with Crippen molar-refractivity contribution < 1.29 is 9.59 Å². The summed E-state index contributed by atoms with van der Waals surface area (Å²) in [5.74, 6) is 1.25. The fraction of sp³-hybridized carbons (Fsp3) is 0.846. The molecule has 1 atom stereocenters. The first-order chi connectivity index (χ1) is 8.25. The van der Waals surface area contributed by atoms with Crippen LogP contribution in [0.4, 0.5) is 0 Å². The largest absolute Gasteiger partial charge is 0.345 e. The molecule has 4 heteroatoms. The third-order valence-corrected chi connectivity index (χ3v) is 4.34. The molecule has 1 unspecified atom stereocenters. The molecule has 2 amide bonds. The number of rotatable bonds is 3. The van der Waals surface area contributed by atoms with E-state index in [1.807, 2.05) is 4.90 Å². The minimum absolute atomic E-state index is 0.0742. The molecule has 94 valence electrons. The van der Waals surface area contributed by atoms with Crippen molar-refractivity contribution in [1.29, 1.82) is 0 Å². The van der Waals surface area contributed by atoms with Crippen LogP contribution in [0.2, 0.25) is 0 Å². The summed E-state index contributed by atoms with van der Waals surface area (Å²) in [6.45, 7) is 1.02. The maximum atomic E-state index is 12.0. The van der Waals surface area contributed by atoms with Gasteiger partial charge in [0.25, 0.3) is 0 Å². The van der Waals surface area contributed by atoms with E-state index in [1.165, 1.54) is 25.7 Å². The van der Waals surface area contributed by atoms with Gasteiger partial charge in [0.1, 0.15) is 6.04 Å². The van der Waals surface area contributed by atoms with Crippen LogP contribution in [-0.2, 0) is 9.59 Å². The van der Waals surface area contributed by atoms with Crippen molar-refractivity contribution in [2.75, 3.05) is 13.1 Å². The predicted octanol–water partition coefficient (Wildman–Crippen LogP) is 0.914. The highest BCUT2D eigenvalue weighted by Gasteiger charge is 2.45. The van der Waals surface area contributed by atoms with Crippen molar-refractivity contribution in [3.8, 4) is 0 Å². The molecular weight excluding hydrogens is 216 g/mol. The summed E-state index contributed by atoms with van der Waals surface area (Å²) >= 11 is 0. The predicted molar refractivity (Wildman–Crippen MR) is 63.2 cm³/mol. The normalized spacial score (nSPS) is 30.8. The van der Waals surface area contributed by atoms with Gasteiger partial charge in [-0.2, -0.15) is 0 Å². The fourth-order valence-electron chi connectivity index (χ4n) is 3.23. The Morgan fingerprint density at radius 1 is 1.12 bits per heavy atom. The minimum atomic E-state index is -0.156. The second-order valence-electron chi connectivity index (χ2n) is 5.70. The van der Waals surface area contributed by atoms with E-state index in [0.717, 1.165) is 19.4 Å². The number of hydrogen-bond acceptors (Lipinski definition) is 2. The van der Waals surface area contributed by atoms with Crippen molar-refractivity contribution in [2.24, 2.45) is 11.8 Å². The van der Waals surface area contributed by atoms with Crippen LogP contribution in [0.25, 0.3) is 0 Å². The van der Waals surface area contributed by atoms with E-state index >= 15 is 0 Å². The molecular formula is C13H20N2O2. The van der Waals surface area contributed by atoms with E-state index in [2.05, 4.69) is 5.32 Å². The van der Waals surface area contributed by atoms with Gasteiger partial charge in [-0.1, -0.05) is 12.8 Å². The molecule has 0 radical (unpaired) electrons. The second-order valence-corrected chi connectivity index (χ2v) is 5.70. The Balaban J connectivity index is 1.71. The fourth-order valence-corrected chi connectivity index (χ4v) is 3.23. The first-order valence-electron chi connectivity index (χ1n) is 6.83. The van der Waals surface area contributed by atoms with Crippen LogP contribution in [0.1, 0.15) is 38.5 Å². The van der Waals surface area contributed by atoms with Crippen molar-refractivity contribution in [3.63, 3.8) is 0 Å². The molecule has 1 saturated heterocycles. The molecule has 0 aromatic carbocycles. The molecule has 1 aliphatic heterocycles. The zero-order chi connectivity index (χ0) is 11.8. The highest BCUT2D eigenvalue weighted by atomic mass is 16.2. The average molecular weight is 236 g/mol. The number of piperazine rings is 1. The van der Waals surface area contributed by atoms with Crippen LogP contribution in [0.15, 0.2) is 0 Å². The van der Waals surface area contributed by atoms with Gasteiger partial charge in [0.15, 0.2) is 0 Å². The number of nitrogens with one attached hydrogen (secondary N) is 1. The molecule has 17 heavy (non-hydrogen) atoms. The summed E-state index contributed by atoms with van der Waals surface area (Å²) in [4.78, 5) is 25.8. The second kappa shape index (κ2) is 4.31. The van der Waals surface area contributed by atoms with Crippen molar-refractivity contribution in [3.05, 3.63) is 0 Å². The van der Waals surface area contributed by atoms with Gasteiger partial charge >= 0.3 is 0 Å². The molecule has 2 saturated carbocycles. The third kappa shape index (κ3) is 2.17. The summed E-state index contributed by atoms with van der Waals surface area (Å²) in [5.41, 5.74) is 0. The van der Waals surface area contributed by atoms with Crippen molar-refractivity contribution in [1.82, 2.24) is 10.2 Å². The molecule has 0 bridgehead atoms. The highest BCUT2D eigenvalue weighted by Crippen LogP contribution is 2.37. The number of hydrogen-bond donors (Lipinski definition) is 1. The topological polar surface area (TPSA) is 49.4 Å². The average Bonchev–Trinajstić information content (AvgIpc) is 3.01. The van der Waals surface area contributed by atoms with Crippen LogP contribution < -0.4 is 5.32 Å². The molecule has 4 nitrogen and oxygen atoms in total. The number of carbonyl (C=O) groups excluding carboxylic acids is 2. The maximum absolute atomic E-state index is 12.0. The molecule has 2 aliphatic carbocycles. The SMILES string of the molecule is O=C1NCC(=O)N(CC2CCCC2)C1C1CC1. The molecule has 3 fully saturated rings. The van der Waals surface area contributed by atoms with E-state index in [1.54, 1.807) is 0 Å². The van der Waals surface area contributed by atoms with Gasteiger partial charge in [0.2, 0.25) is 11.8 Å². The summed E-state index contributed by atoms with van der Waals surface area (Å²) in [5, 5.41) is 2.73. The van der Waals surface area contributed by atoms with Gasteiger partial charge in [-0.05, 0) is 37.5 Å². The Morgan fingerprint density at radius 3 is 2.47 bits per heavy atom. The lowest BCUT2D eigenvalue weighted by atomic mass is 10.0. The lowest BCUT2D eigenvalue weighted by Gasteiger charge is -2.36. The Kier molecular flexibility index (Phi) is 2.81. The molecule has 0 aromatic rings. The van der Waals surface area contributed by atoms with Gasteiger partial charge in [-0.25, -0.2) is 0 Å². The van der Waals surface area contributed by atoms with Crippen LogP contribution in [0, 0.1) is 11.8 Å². The lowest BCUT2D eigenvalue weighted by Crippen LogP contribution is -2.60. The first kappa shape index (κ1) is 11.1. The van der Waals surface area contributed by atoms with E-state index in [4.69, 9.17) is 0 Å². The minimum Gasteiger partial charge on any atom is -0.345 e. The smallest absolute Gasteiger partial charge is 0.243 e. The third-order valence-electron chi connectivity index (χ3n) is 4.34. The summed E-state index contributed by atoms with van der Waals surface area (Å²) in [7, 11) is 0. The number of carbonyl (C=O) groups is 2. The van der Waals surface area contributed by atoms with Crippen molar-refractivity contribution >= 4 is 11.8 Å². The Hall–Kier alpha value is -1.06. The zero-order valence-corrected chi connectivity index (χ0v) is 10.2. The highest BCUT2D eigenvalue weighted by molar-refractivity contribution is 5.95. The maximum Gasteiger partial charge on any atom is 0.243 e. The van der Waals surface area contributed by atoms with Crippen LogP contribution in [-0.4, -0.2) is 35.8 Å². The summed E-state index contributed by atoms with van der Waals surface area (Å²) < 4.78 is 0. The Bertz CT molecular complexity index is 332. The monoisotopic (exact) mass is 236 g/mol. The van der Waals surface area contributed by atoms with E-state index in [-0.39, 0.29) is 24.4 Å². The van der Waals surface area contributed by atoms with E-state index in [9.17, 15) is 9.59 Å². The van der Waals surface area contributed by atoms with Crippen molar-refractivity contribution in [2.45, 2.75) is 44.6 Å². The van der Waals surface area contributed by atoms with Crippen LogP contribution >= 0.6 is 0 Å². The van der Waals surface area contributed by atoms with Crippen LogP contribution in [0.5, 0.6) is 0 Å². The molecule has 0 aromatic heterocycles. The van der Waals surface area contributed by atoms with E-state index in [0.29, 0.717) is 11.8 Å². The number of amides is 2. The molecule has 3 aliphatic rings. The first-order valence-corrected chi connectivity index (χ1v) is 6.83. The van der Waals surface area contributed by atoms with Gasteiger partial charge in [-0.3, -0.25) is 9.59 Å². The summed E-state index contributed by atoms with van der Waals surface area (Å²) in [6.07, 6.45) is 7.23. The zero-order valence-electron chi connectivity index (χ0n) is 10.2. The Labute approximate surface area is 102 Å². The van der Waals surface area contributed by atoms with Gasteiger partial charge in [-0.15, -0.1) is 0 Å². The van der Waals surface area contributed by atoms with E-state index < -0.39 is 0 Å². The molecule has 0 spiro atoms. The lowest BCUT2D eigenvalue weighted by molar-refractivity contribution is -0.147.